The van der Waals surface area contributed by atoms with Crippen LogP contribution in [0.15, 0.2) is 24.3 Å². The standard InChI is InChI=1S/C18H24N2O5/c1-11(2)20(12(3)21)10-13-4-6-14(7-5-13)19-17(22)15-8-9-16(25-15)18(23)24/h4-7,11,15-16H,8-10H2,1-3H3,(H,19,22)(H,23,24)/t15-,16+/m0/s1. The molecule has 2 amide bonds. The molecule has 1 heterocycles. The summed E-state index contributed by atoms with van der Waals surface area (Å²) in [4.78, 5) is 36.4. The minimum Gasteiger partial charge on any atom is -0.479 e. The Kier molecular flexibility index (Phi) is 6.14. The molecular formula is C18H24N2O5. The Morgan fingerprint density at radius 1 is 1.20 bits per heavy atom. The molecule has 136 valence electrons. The lowest BCUT2D eigenvalue weighted by Crippen LogP contribution is -2.34. The van der Waals surface area contributed by atoms with Crippen molar-refractivity contribution in [1.82, 2.24) is 4.90 Å². The lowest BCUT2D eigenvalue weighted by molar-refractivity contribution is -0.150. The number of carbonyl (C=O) groups excluding carboxylic acids is 2. The van der Waals surface area contributed by atoms with E-state index in [9.17, 15) is 14.4 Å². The number of hydrogen-bond donors (Lipinski definition) is 2. The van der Waals surface area contributed by atoms with Crippen molar-refractivity contribution in [2.45, 2.75) is 58.4 Å². The Morgan fingerprint density at radius 2 is 1.80 bits per heavy atom. The second-order valence-corrected chi connectivity index (χ2v) is 6.46. The van der Waals surface area contributed by atoms with E-state index in [1.165, 1.54) is 0 Å². The molecule has 1 aliphatic heterocycles. The molecule has 0 unspecified atom stereocenters. The molecule has 1 saturated heterocycles. The number of rotatable bonds is 6. The SMILES string of the molecule is CC(=O)N(Cc1ccc(NC(=O)[C@@H]2CC[C@H](C(=O)O)O2)cc1)C(C)C. The summed E-state index contributed by atoms with van der Waals surface area (Å²) < 4.78 is 5.23. The second-order valence-electron chi connectivity index (χ2n) is 6.46. The highest BCUT2D eigenvalue weighted by atomic mass is 16.5. The molecule has 1 fully saturated rings. The number of benzene rings is 1. The lowest BCUT2D eigenvalue weighted by Gasteiger charge is -2.25. The molecule has 2 rings (SSSR count). The maximum Gasteiger partial charge on any atom is 0.332 e. The van der Waals surface area contributed by atoms with Crippen LogP contribution in [0.1, 0.15) is 39.2 Å². The van der Waals surface area contributed by atoms with Crippen molar-refractivity contribution >= 4 is 23.5 Å². The molecule has 0 radical (unpaired) electrons. The van der Waals surface area contributed by atoms with E-state index in [0.29, 0.717) is 25.1 Å². The van der Waals surface area contributed by atoms with E-state index in [2.05, 4.69) is 5.32 Å². The molecule has 2 N–H and O–H groups in total. The third kappa shape index (κ3) is 5.03. The van der Waals surface area contributed by atoms with E-state index in [4.69, 9.17) is 9.84 Å². The zero-order valence-electron chi connectivity index (χ0n) is 14.7. The number of carbonyl (C=O) groups is 3. The molecule has 0 aromatic heterocycles. The molecule has 1 aliphatic rings. The van der Waals surface area contributed by atoms with Crippen LogP contribution in [0.4, 0.5) is 5.69 Å². The molecule has 7 heteroatoms. The van der Waals surface area contributed by atoms with Crippen molar-refractivity contribution in [2.75, 3.05) is 5.32 Å². The fourth-order valence-electron chi connectivity index (χ4n) is 2.78. The topological polar surface area (TPSA) is 95.9 Å². The number of amides is 2. The summed E-state index contributed by atoms with van der Waals surface area (Å²) >= 11 is 0. The Bertz CT molecular complexity index is 641. The molecule has 7 nitrogen and oxygen atoms in total. The predicted octanol–water partition coefficient (Wildman–Crippen LogP) is 2.01. The Balaban J connectivity index is 1.93. The lowest BCUT2D eigenvalue weighted by atomic mass is 10.1. The summed E-state index contributed by atoms with van der Waals surface area (Å²) in [6, 6.07) is 7.33. The number of carboxylic acid groups (broad SMARTS) is 1. The maximum atomic E-state index is 12.1. The summed E-state index contributed by atoms with van der Waals surface area (Å²) in [5.74, 6) is -1.37. The van der Waals surface area contributed by atoms with Gasteiger partial charge in [0.1, 0.15) is 6.10 Å². The average molecular weight is 348 g/mol. The van der Waals surface area contributed by atoms with E-state index in [0.717, 1.165) is 5.56 Å². The van der Waals surface area contributed by atoms with Gasteiger partial charge in [-0.3, -0.25) is 9.59 Å². The van der Waals surface area contributed by atoms with E-state index < -0.39 is 18.2 Å². The Hall–Kier alpha value is -2.41. The van der Waals surface area contributed by atoms with Gasteiger partial charge in [-0.1, -0.05) is 12.1 Å². The normalized spacial score (nSPS) is 19.7. The zero-order chi connectivity index (χ0) is 18.6. The highest BCUT2D eigenvalue weighted by molar-refractivity contribution is 5.94. The molecule has 0 saturated carbocycles. The number of aliphatic carboxylic acids is 1. The van der Waals surface area contributed by atoms with Crippen molar-refractivity contribution in [2.24, 2.45) is 0 Å². The molecular weight excluding hydrogens is 324 g/mol. The summed E-state index contributed by atoms with van der Waals surface area (Å²) in [5, 5.41) is 11.6. The zero-order valence-corrected chi connectivity index (χ0v) is 14.7. The third-order valence-corrected chi connectivity index (χ3v) is 4.19. The van der Waals surface area contributed by atoms with Crippen LogP contribution < -0.4 is 5.32 Å². The van der Waals surface area contributed by atoms with Gasteiger partial charge in [-0.25, -0.2) is 4.79 Å². The van der Waals surface area contributed by atoms with Gasteiger partial charge in [0, 0.05) is 25.2 Å². The highest BCUT2D eigenvalue weighted by Crippen LogP contribution is 2.21. The van der Waals surface area contributed by atoms with Crippen LogP contribution in [0.2, 0.25) is 0 Å². The molecule has 0 aliphatic carbocycles. The Morgan fingerprint density at radius 3 is 2.28 bits per heavy atom. The first kappa shape index (κ1) is 18.9. The number of ether oxygens (including phenoxy) is 1. The van der Waals surface area contributed by atoms with Gasteiger partial charge >= 0.3 is 5.97 Å². The number of nitrogens with one attached hydrogen (secondary N) is 1. The second kappa shape index (κ2) is 8.11. The highest BCUT2D eigenvalue weighted by Gasteiger charge is 2.34. The minimum absolute atomic E-state index is 0.0127. The first-order valence-corrected chi connectivity index (χ1v) is 8.33. The quantitative estimate of drug-likeness (QED) is 0.820. The van der Waals surface area contributed by atoms with Gasteiger partial charge < -0.3 is 20.1 Å². The van der Waals surface area contributed by atoms with E-state index in [-0.39, 0.29) is 17.9 Å². The van der Waals surface area contributed by atoms with Crippen LogP contribution >= 0.6 is 0 Å². The summed E-state index contributed by atoms with van der Waals surface area (Å²) in [6.07, 6.45) is -0.924. The fourth-order valence-corrected chi connectivity index (χ4v) is 2.78. The maximum absolute atomic E-state index is 12.1. The van der Waals surface area contributed by atoms with Gasteiger partial charge in [0.2, 0.25) is 5.91 Å². The van der Waals surface area contributed by atoms with Crippen LogP contribution in [0.5, 0.6) is 0 Å². The molecule has 1 aromatic rings. The third-order valence-electron chi connectivity index (χ3n) is 4.19. The van der Waals surface area contributed by atoms with Crippen molar-refractivity contribution in [3.8, 4) is 0 Å². The van der Waals surface area contributed by atoms with Crippen molar-refractivity contribution < 1.29 is 24.2 Å². The minimum atomic E-state index is -1.04. The largest absolute Gasteiger partial charge is 0.479 e. The monoisotopic (exact) mass is 348 g/mol. The van der Waals surface area contributed by atoms with Crippen molar-refractivity contribution in [3.63, 3.8) is 0 Å². The molecule has 0 bridgehead atoms. The molecule has 2 atom stereocenters. The summed E-state index contributed by atoms with van der Waals surface area (Å²) in [7, 11) is 0. The van der Waals surface area contributed by atoms with Crippen LogP contribution in [0.3, 0.4) is 0 Å². The van der Waals surface area contributed by atoms with Crippen molar-refractivity contribution in [1.29, 1.82) is 0 Å². The first-order valence-electron chi connectivity index (χ1n) is 8.33. The van der Waals surface area contributed by atoms with Crippen molar-refractivity contribution in [3.05, 3.63) is 29.8 Å². The van der Waals surface area contributed by atoms with Crippen LogP contribution in [-0.4, -0.2) is 46.0 Å². The smallest absolute Gasteiger partial charge is 0.332 e. The first-order chi connectivity index (χ1) is 11.8. The summed E-state index contributed by atoms with van der Waals surface area (Å²) in [6.45, 7) is 5.97. The number of hydrogen-bond acceptors (Lipinski definition) is 4. The number of nitrogens with zero attached hydrogens (tertiary/aromatic N) is 1. The molecule has 1 aromatic carbocycles. The van der Waals surface area contributed by atoms with E-state index in [1.807, 2.05) is 26.0 Å². The predicted molar refractivity (Wildman–Crippen MR) is 92.0 cm³/mol. The molecule has 0 spiro atoms. The van der Waals surface area contributed by atoms with Crippen LogP contribution in [0, 0.1) is 0 Å². The molecule has 25 heavy (non-hydrogen) atoms. The van der Waals surface area contributed by atoms with Gasteiger partial charge in [0.25, 0.3) is 5.91 Å². The van der Waals surface area contributed by atoms with Gasteiger partial charge in [-0.05, 0) is 44.4 Å². The fraction of sp³-hybridized carbons (Fsp3) is 0.500. The average Bonchev–Trinajstić information content (AvgIpc) is 3.03. The van der Waals surface area contributed by atoms with Gasteiger partial charge in [-0.2, -0.15) is 0 Å². The Labute approximate surface area is 147 Å². The van der Waals surface area contributed by atoms with Gasteiger partial charge in [0.05, 0.1) is 0 Å². The number of anilines is 1. The summed E-state index contributed by atoms with van der Waals surface area (Å²) in [5.41, 5.74) is 1.57. The van der Waals surface area contributed by atoms with E-state index >= 15 is 0 Å². The van der Waals surface area contributed by atoms with E-state index in [1.54, 1.807) is 24.0 Å². The van der Waals surface area contributed by atoms with Gasteiger partial charge in [0.15, 0.2) is 6.10 Å². The van der Waals surface area contributed by atoms with Gasteiger partial charge in [-0.15, -0.1) is 0 Å². The van der Waals surface area contributed by atoms with Crippen LogP contribution in [-0.2, 0) is 25.7 Å². The van der Waals surface area contributed by atoms with Crippen LogP contribution in [0.25, 0.3) is 0 Å². The number of carboxylic acids is 1.